The molecule has 1 aromatic rings. The Kier molecular flexibility index (Phi) is 6.54. The van der Waals surface area contributed by atoms with Gasteiger partial charge >= 0.3 is 6.03 Å². The highest BCUT2D eigenvalue weighted by atomic mass is 35.5. The summed E-state index contributed by atoms with van der Waals surface area (Å²) in [5.74, 6) is 0. The second kappa shape index (κ2) is 8.41. The van der Waals surface area contributed by atoms with E-state index in [1.165, 1.54) is 0 Å². The summed E-state index contributed by atoms with van der Waals surface area (Å²) in [5.41, 5.74) is 2.22. The van der Waals surface area contributed by atoms with Gasteiger partial charge in [0.25, 0.3) is 0 Å². The minimum atomic E-state index is 0.0466. The summed E-state index contributed by atoms with van der Waals surface area (Å²) in [4.78, 5) is 18.4. The maximum atomic E-state index is 12.1. The number of hydrogen-bond donors (Lipinski definition) is 1. The first-order valence-corrected chi connectivity index (χ1v) is 8.54. The Morgan fingerprint density at radius 1 is 1.26 bits per heavy atom. The molecule has 0 spiro atoms. The molecule has 2 rings (SSSR count). The van der Waals surface area contributed by atoms with E-state index in [9.17, 15) is 4.79 Å². The van der Waals surface area contributed by atoms with Crippen LogP contribution in [0.4, 0.5) is 10.5 Å². The van der Waals surface area contributed by atoms with Crippen molar-refractivity contribution in [1.29, 1.82) is 0 Å². The van der Waals surface area contributed by atoms with Crippen molar-refractivity contribution in [2.75, 3.05) is 58.3 Å². The number of amides is 2. The Morgan fingerprint density at radius 2 is 1.96 bits per heavy atom. The average molecular weight is 339 g/mol. The molecule has 0 saturated carbocycles. The van der Waals surface area contributed by atoms with Crippen molar-refractivity contribution in [3.63, 3.8) is 0 Å². The van der Waals surface area contributed by atoms with Crippen LogP contribution in [-0.4, -0.2) is 69.2 Å². The number of benzene rings is 1. The van der Waals surface area contributed by atoms with Crippen LogP contribution in [0.3, 0.4) is 0 Å². The second-order valence-electron chi connectivity index (χ2n) is 6.30. The molecule has 0 aliphatic carbocycles. The quantitative estimate of drug-likeness (QED) is 0.838. The number of piperazine rings is 1. The monoisotopic (exact) mass is 338 g/mol. The number of urea groups is 1. The standard InChI is InChI=1S/C17H27ClN4O/c1-14-5-6-15(13-16(14)18)21-9-11-22(12-10-21)17(23)19-7-4-8-20(2)3/h5-6,13H,4,7-12H2,1-3H3,(H,19,23). The Balaban J connectivity index is 1.76. The van der Waals surface area contributed by atoms with Crippen LogP contribution >= 0.6 is 11.6 Å². The third kappa shape index (κ3) is 5.29. The molecule has 1 aliphatic heterocycles. The predicted octanol–water partition coefficient (Wildman–Crippen LogP) is 2.43. The van der Waals surface area contributed by atoms with Crippen molar-refractivity contribution >= 4 is 23.3 Å². The van der Waals surface area contributed by atoms with Crippen LogP contribution in [0.25, 0.3) is 0 Å². The molecule has 0 unspecified atom stereocenters. The highest BCUT2D eigenvalue weighted by Gasteiger charge is 2.21. The smallest absolute Gasteiger partial charge is 0.317 e. The SMILES string of the molecule is Cc1ccc(N2CCN(C(=O)NCCCN(C)C)CC2)cc1Cl. The topological polar surface area (TPSA) is 38.8 Å². The fourth-order valence-electron chi connectivity index (χ4n) is 2.65. The van der Waals surface area contributed by atoms with Crippen molar-refractivity contribution in [2.24, 2.45) is 0 Å². The number of carbonyl (C=O) groups excluding carboxylic acids is 1. The van der Waals surface area contributed by atoms with Crippen LogP contribution in [0.2, 0.25) is 5.02 Å². The van der Waals surface area contributed by atoms with Crippen molar-refractivity contribution < 1.29 is 4.79 Å². The molecule has 1 saturated heterocycles. The number of halogens is 1. The van der Waals surface area contributed by atoms with Gasteiger partial charge in [0.2, 0.25) is 0 Å². The van der Waals surface area contributed by atoms with Gasteiger partial charge in [-0.05, 0) is 51.7 Å². The number of aryl methyl sites for hydroxylation is 1. The normalized spacial score (nSPS) is 15.2. The molecule has 0 aromatic heterocycles. The zero-order valence-corrected chi connectivity index (χ0v) is 15.1. The first-order chi connectivity index (χ1) is 11.0. The first kappa shape index (κ1) is 17.9. The molecule has 0 bridgehead atoms. The third-order valence-electron chi connectivity index (χ3n) is 4.15. The number of nitrogens with one attached hydrogen (secondary N) is 1. The molecule has 1 aliphatic rings. The molecule has 1 heterocycles. The van der Waals surface area contributed by atoms with Crippen LogP contribution in [0.15, 0.2) is 18.2 Å². The zero-order chi connectivity index (χ0) is 16.8. The molecular formula is C17H27ClN4O. The van der Waals surface area contributed by atoms with Gasteiger partial charge in [0.1, 0.15) is 0 Å². The number of nitrogens with zero attached hydrogens (tertiary/aromatic N) is 3. The average Bonchev–Trinajstić information content (AvgIpc) is 2.54. The lowest BCUT2D eigenvalue weighted by molar-refractivity contribution is 0.194. The molecule has 1 N–H and O–H groups in total. The molecular weight excluding hydrogens is 312 g/mol. The van der Waals surface area contributed by atoms with E-state index in [1.807, 2.05) is 38.1 Å². The van der Waals surface area contributed by atoms with Crippen LogP contribution in [0, 0.1) is 6.92 Å². The number of rotatable bonds is 5. The fourth-order valence-corrected chi connectivity index (χ4v) is 2.82. The van der Waals surface area contributed by atoms with E-state index in [0.29, 0.717) is 0 Å². The summed E-state index contributed by atoms with van der Waals surface area (Å²) >= 11 is 6.20. The summed E-state index contributed by atoms with van der Waals surface area (Å²) in [6.45, 7) is 6.88. The summed E-state index contributed by atoms with van der Waals surface area (Å²) in [5, 5.41) is 3.79. The van der Waals surface area contributed by atoms with Crippen LogP contribution < -0.4 is 10.2 Å². The Bertz CT molecular complexity index is 527. The van der Waals surface area contributed by atoms with Crippen molar-refractivity contribution in [1.82, 2.24) is 15.1 Å². The van der Waals surface area contributed by atoms with Gasteiger partial charge in [-0.3, -0.25) is 0 Å². The van der Waals surface area contributed by atoms with Gasteiger partial charge in [-0.15, -0.1) is 0 Å². The maximum Gasteiger partial charge on any atom is 0.317 e. The number of hydrogen-bond acceptors (Lipinski definition) is 3. The van der Waals surface area contributed by atoms with E-state index < -0.39 is 0 Å². The Hall–Kier alpha value is -1.46. The Morgan fingerprint density at radius 3 is 2.57 bits per heavy atom. The van der Waals surface area contributed by atoms with Gasteiger partial charge in [-0.1, -0.05) is 17.7 Å². The second-order valence-corrected chi connectivity index (χ2v) is 6.70. The molecule has 0 radical (unpaired) electrons. The molecule has 2 amide bonds. The van der Waals surface area contributed by atoms with Crippen molar-refractivity contribution in [3.8, 4) is 0 Å². The van der Waals surface area contributed by atoms with Crippen LogP contribution in [0.1, 0.15) is 12.0 Å². The summed E-state index contributed by atoms with van der Waals surface area (Å²) < 4.78 is 0. The highest BCUT2D eigenvalue weighted by molar-refractivity contribution is 6.31. The minimum absolute atomic E-state index is 0.0466. The first-order valence-electron chi connectivity index (χ1n) is 8.16. The largest absolute Gasteiger partial charge is 0.368 e. The van der Waals surface area contributed by atoms with Gasteiger partial charge in [-0.25, -0.2) is 4.79 Å². The van der Waals surface area contributed by atoms with E-state index in [2.05, 4.69) is 21.2 Å². The maximum absolute atomic E-state index is 12.1. The van der Waals surface area contributed by atoms with Crippen molar-refractivity contribution in [2.45, 2.75) is 13.3 Å². The number of carbonyl (C=O) groups is 1. The predicted molar refractivity (Wildman–Crippen MR) is 96.5 cm³/mol. The molecule has 0 atom stereocenters. The molecule has 5 nitrogen and oxygen atoms in total. The number of anilines is 1. The minimum Gasteiger partial charge on any atom is -0.368 e. The molecule has 128 valence electrons. The lowest BCUT2D eigenvalue weighted by Gasteiger charge is -2.36. The molecule has 6 heteroatoms. The van der Waals surface area contributed by atoms with E-state index in [4.69, 9.17) is 11.6 Å². The van der Waals surface area contributed by atoms with Gasteiger partial charge < -0.3 is 20.0 Å². The lowest BCUT2D eigenvalue weighted by Crippen LogP contribution is -2.52. The van der Waals surface area contributed by atoms with E-state index in [-0.39, 0.29) is 6.03 Å². The summed E-state index contributed by atoms with van der Waals surface area (Å²) in [6.07, 6.45) is 0.973. The van der Waals surface area contributed by atoms with Gasteiger partial charge in [0.15, 0.2) is 0 Å². The molecule has 1 aromatic carbocycles. The molecule has 23 heavy (non-hydrogen) atoms. The van der Waals surface area contributed by atoms with Crippen LogP contribution in [-0.2, 0) is 0 Å². The lowest BCUT2D eigenvalue weighted by atomic mass is 10.2. The summed E-state index contributed by atoms with van der Waals surface area (Å²) in [6, 6.07) is 6.19. The van der Waals surface area contributed by atoms with Gasteiger partial charge in [0.05, 0.1) is 0 Å². The van der Waals surface area contributed by atoms with Crippen molar-refractivity contribution in [3.05, 3.63) is 28.8 Å². The zero-order valence-electron chi connectivity index (χ0n) is 14.3. The van der Waals surface area contributed by atoms with E-state index >= 15 is 0 Å². The summed E-state index contributed by atoms with van der Waals surface area (Å²) in [7, 11) is 4.08. The van der Waals surface area contributed by atoms with Gasteiger partial charge in [-0.2, -0.15) is 0 Å². The fraction of sp³-hybridized carbons (Fsp3) is 0.588. The Labute approximate surface area is 144 Å². The van der Waals surface area contributed by atoms with E-state index in [1.54, 1.807) is 0 Å². The van der Waals surface area contributed by atoms with Gasteiger partial charge in [0, 0.05) is 43.4 Å². The van der Waals surface area contributed by atoms with E-state index in [0.717, 1.165) is 62.0 Å². The third-order valence-corrected chi connectivity index (χ3v) is 4.55. The highest BCUT2D eigenvalue weighted by Crippen LogP contribution is 2.24. The van der Waals surface area contributed by atoms with Crippen LogP contribution in [0.5, 0.6) is 0 Å². The molecule has 1 fully saturated rings.